The number of rotatable bonds is 4. The molecule has 0 heterocycles. The summed E-state index contributed by atoms with van der Waals surface area (Å²) in [6.45, 7) is 1.91. The Morgan fingerprint density at radius 2 is 2.11 bits per heavy atom. The van der Waals surface area contributed by atoms with Crippen molar-refractivity contribution in [2.45, 2.75) is 37.1 Å². The van der Waals surface area contributed by atoms with Gasteiger partial charge in [0.25, 0.3) is 0 Å². The second kappa shape index (κ2) is 5.49. The standard InChI is InChI=1S/C12H15BrClNO2S/c1-8(9-3-2-4-9)15-18(16,17)12-6-5-10(13)7-11(12)14/h5-9,15H,2-4H2,1H3. The maximum absolute atomic E-state index is 12.2. The van der Waals surface area contributed by atoms with Crippen molar-refractivity contribution in [3.05, 3.63) is 27.7 Å². The third kappa shape index (κ3) is 3.07. The van der Waals surface area contributed by atoms with Crippen molar-refractivity contribution in [1.82, 2.24) is 4.72 Å². The van der Waals surface area contributed by atoms with Gasteiger partial charge in [-0.15, -0.1) is 0 Å². The van der Waals surface area contributed by atoms with Crippen molar-refractivity contribution < 1.29 is 8.42 Å². The molecule has 6 heteroatoms. The van der Waals surface area contributed by atoms with Crippen molar-refractivity contribution >= 4 is 37.6 Å². The fourth-order valence-electron chi connectivity index (χ4n) is 2.04. The normalized spacial score (nSPS) is 18.4. The van der Waals surface area contributed by atoms with Crippen LogP contribution in [0.5, 0.6) is 0 Å². The first kappa shape index (κ1) is 14.3. The van der Waals surface area contributed by atoms with E-state index in [1.165, 1.54) is 12.5 Å². The van der Waals surface area contributed by atoms with Gasteiger partial charge in [-0.2, -0.15) is 0 Å². The Morgan fingerprint density at radius 1 is 1.44 bits per heavy atom. The van der Waals surface area contributed by atoms with Crippen LogP contribution in [0.15, 0.2) is 27.6 Å². The zero-order valence-corrected chi connectivity index (χ0v) is 13.1. The fraction of sp³-hybridized carbons (Fsp3) is 0.500. The molecular formula is C12H15BrClNO2S. The molecule has 1 saturated carbocycles. The Kier molecular flexibility index (Phi) is 4.36. The van der Waals surface area contributed by atoms with Crippen molar-refractivity contribution in [2.75, 3.05) is 0 Å². The van der Waals surface area contributed by atoms with Crippen molar-refractivity contribution in [3.8, 4) is 0 Å². The van der Waals surface area contributed by atoms with Crippen LogP contribution in [-0.4, -0.2) is 14.5 Å². The Balaban J connectivity index is 2.19. The lowest BCUT2D eigenvalue weighted by Crippen LogP contribution is -2.40. The minimum Gasteiger partial charge on any atom is -0.208 e. The zero-order valence-electron chi connectivity index (χ0n) is 9.99. The molecule has 1 unspecified atom stereocenters. The Hall–Kier alpha value is -0.100. The minimum absolute atomic E-state index is 0.0385. The third-order valence-electron chi connectivity index (χ3n) is 3.38. The molecule has 1 aliphatic rings. The maximum atomic E-state index is 12.2. The second-order valence-electron chi connectivity index (χ2n) is 4.68. The van der Waals surface area contributed by atoms with Crippen LogP contribution >= 0.6 is 27.5 Å². The molecule has 1 aromatic carbocycles. The van der Waals surface area contributed by atoms with E-state index in [0.717, 1.165) is 17.3 Å². The summed E-state index contributed by atoms with van der Waals surface area (Å²) in [5.41, 5.74) is 0. The molecule has 1 atom stereocenters. The molecule has 2 rings (SSSR count). The van der Waals surface area contributed by atoms with Crippen LogP contribution in [0.4, 0.5) is 0 Å². The fourth-order valence-corrected chi connectivity index (χ4v) is 4.39. The first-order chi connectivity index (χ1) is 8.40. The molecule has 1 N–H and O–H groups in total. The highest BCUT2D eigenvalue weighted by atomic mass is 79.9. The molecule has 3 nitrogen and oxygen atoms in total. The van der Waals surface area contributed by atoms with Crippen LogP contribution in [0.25, 0.3) is 0 Å². The van der Waals surface area contributed by atoms with E-state index in [9.17, 15) is 8.42 Å². The van der Waals surface area contributed by atoms with E-state index in [4.69, 9.17) is 11.6 Å². The molecule has 0 aliphatic heterocycles. The van der Waals surface area contributed by atoms with Crippen LogP contribution in [0.2, 0.25) is 5.02 Å². The van der Waals surface area contributed by atoms with Crippen LogP contribution in [0.1, 0.15) is 26.2 Å². The summed E-state index contributed by atoms with van der Waals surface area (Å²) in [7, 11) is -3.53. The maximum Gasteiger partial charge on any atom is 0.242 e. The summed E-state index contributed by atoms with van der Waals surface area (Å²) in [6, 6.07) is 4.74. The number of sulfonamides is 1. The van der Waals surface area contributed by atoms with E-state index in [-0.39, 0.29) is 16.0 Å². The van der Waals surface area contributed by atoms with Gasteiger partial charge in [0.1, 0.15) is 4.90 Å². The first-order valence-electron chi connectivity index (χ1n) is 5.87. The predicted octanol–water partition coefficient (Wildman–Crippen LogP) is 3.57. The average Bonchev–Trinajstić information content (AvgIpc) is 2.12. The van der Waals surface area contributed by atoms with Gasteiger partial charge >= 0.3 is 0 Å². The summed E-state index contributed by atoms with van der Waals surface area (Å²) < 4.78 is 27.9. The van der Waals surface area contributed by atoms with Gasteiger partial charge in [-0.3, -0.25) is 0 Å². The van der Waals surface area contributed by atoms with Crippen molar-refractivity contribution in [3.63, 3.8) is 0 Å². The summed E-state index contributed by atoms with van der Waals surface area (Å²) >= 11 is 9.23. The molecular weight excluding hydrogens is 338 g/mol. The molecule has 1 fully saturated rings. The smallest absolute Gasteiger partial charge is 0.208 e. The molecule has 0 aromatic heterocycles. The molecule has 1 aliphatic carbocycles. The summed E-state index contributed by atoms with van der Waals surface area (Å²) in [5, 5.41) is 0.234. The third-order valence-corrected chi connectivity index (χ3v) is 5.92. The molecule has 1 aromatic rings. The van der Waals surface area contributed by atoms with Gasteiger partial charge in [0, 0.05) is 10.5 Å². The van der Waals surface area contributed by atoms with Gasteiger partial charge in [0.15, 0.2) is 0 Å². The van der Waals surface area contributed by atoms with Crippen LogP contribution in [0, 0.1) is 5.92 Å². The largest absolute Gasteiger partial charge is 0.242 e. The Morgan fingerprint density at radius 3 is 2.61 bits per heavy atom. The molecule has 0 spiro atoms. The highest BCUT2D eigenvalue weighted by Gasteiger charge is 2.28. The second-order valence-corrected chi connectivity index (χ2v) is 7.68. The van der Waals surface area contributed by atoms with E-state index in [0.29, 0.717) is 5.92 Å². The zero-order chi connectivity index (χ0) is 13.3. The number of hydrogen-bond donors (Lipinski definition) is 1. The van der Waals surface area contributed by atoms with Crippen LogP contribution < -0.4 is 4.72 Å². The lowest BCUT2D eigenvalue weighted by molar-refractivity contribution is 0.260. The molecule has 0 radical (unpaired) electrons. The predicted molar refractivity (Wildman–Crippen MR) is 76.3 cm³/mol. The van der Waals surface area contributed by atoms with Gasteiger partial charge < -0.3 is 0 Å². The SMILES string of the molecule is CC(NS(=O)(=O)c1ccc(Br)cc1Cl)C1CCC1. The minimum atomic E-state index is -3.53. The van der Waals surface area contributed by atoms with E-state index in [2.05, 4.69) is 20.7 Å². The van der Waals surface area contributed by atoms with Crippen molar-refractivity contribution in [1.29, 1.82) is 0 Å². The lowest BCUT2D eigenvalue weighted by atomic mass is 9.81. The van der Waals surface area contributed by atoms with E-state index in [1.54, 1.807) is 12.1 Å². The number of hydrogen-bond acceptors (Lipinski definition) is 2. The number of halogens is 2. The lowest BCUT2D eigenvalue weighted by Gasteiger charge is -2.31. The topological polar surface area (TPSA) is 46.2 Å². The van der Waals surface area contributed by atoms with E-state index < -0.39 is 10.0 Å². The van der Waals surface area contributed by atoms with Gasteiger partial charge in [-0.25, -0.2) is 13.1 Å². The van der Waals surface area contributed by atoms with Gasteiger partial charge in [0.05, 0.1) is 5.02 Å². The quantitative estimate of drug-likeness (QED) is 0.900. The van der Waals surface area contributed by atoms with Crippen LogP contribution in [-0.2, 0) is 10.0 Å². The summed E-state index contributed by atoms with van der Waals surface area (Å²) in [6.07, 6.45) is 3.38. The number of benzene rings is 1. The Bertz CT molecular complexity index is 543. The summed E-state index contributed by atoms with van der Waals surface area (Å²) in [5.74, 6) is 0.453. The molecule has 0 bridgehead atoms. The average molecular weight is 353 g/mol. The highest BCUT2D eigenvalue weighted by molar-refractivity contribution is 9.10. The number of nitrogens with one attached hydrogen (secondary N) is 1. The van der Waals surface area contributed by atoms with E-state index in [1.807, 2.05) is 6.92 Å². The van der Waals surface area contributed by atoms with Gasteiger partial charge in [-0.1, -0.05) is 34.0 Å². The molecule has 0 amide bonds. The van der Waals surface area contributed by atoms with Crippen LogP contribution in [0.3, 0.4) is 0 Å². The molecule has 0 saturated heterocycles. The van der Waals surface area contributed by atoms with E-state index >= 15 is 0 Å². The first-order valence-corrected chi connectivity index (χ1v) is 8.53. The van der Waals surface area contributed by atoms with Gasteiger partial charge in [-0.05, 0) is 43.9 Å². The Labute approximate surface area is 121 Å². The summed E-state index contributed by atoms with van der Waals surface area (Å²) in [4.78, 5) is 0.138. The highest BCUT2D eigenvalue weighted by Crippen LogP contribution is 2.31. The monoisotopic (exact) mass is 351 g/mol. The molecule has 18 heavy (non-hydrogen) atoms. The van der Waals surface area contributed by atoms with Gasteiger partial charge in [0.2, 0.25) is 10.0 Å². The van der Waals surface area contributed by atoms with Crippen molar-refractivity contribution in [2.24, 2.45) is 5.92 Å². The molecule has 100 valence electrons.